The van der Waals surface area contributed by atoms with Crippen molar-refractivity contribution in [3.05, 3.63) is 65.2 Å². The molecule has 4 rings (SSSR count). The Balaban J connectivity index is 1.31. The van der Waals surface area contributed by atoms with Crippen LogP contribution in [0.15, 0.2) is 48.5 Å². The Hall–Kier alpha value is -3.60. The lowest BCUT2D eigenvalue weighted by atomic mass is 9.80. The van der Waals surface area contributed by atoms with Crippen LogP contribution in [0.1, 0.15) is 73.9 Å². The number of nitrogens with one attached hydrogen (secondary N) is 4. The number of halogens is 3. The number of carbonyl (C=O) groups excluding carboxylic acids is 3. The van der Waals surface area contributed by atoms with E-state index in [9.17, 15) is 27.6 Å². The molecule has 11 heteroatoms. The Morgan fingerprint density at radius 2 is 1.59 bits per heavy atom. The summed E-state index contributed by atoms with van der Waals surface area (Å²) in [6.07, 6.45) is -1.16. The van der Waals surface area contributed by atoms with Crippen LogP contribution < -0.4 is 21.3 Å². The number of carbonyl (C=O) groups is 3. The Morgan fingerprint density at radius 3 is 2.15 bits per heavy atom. The zero-order chi connectivity index (χ0) is 29.8. The minimum atomic E-state index is -4.56. The summed E-state index contributed by atoms with van der Waals surface area (Å²) in [5.74, 6) is -0.612. The normalized spacial score (nSPS) is 19.6. The molecule has 1 saturated carbocycles. The van der Waals surface area contributed by atoms with Crippen molar-refractivity contribution >= 4 is 23.5 Å². The molecule has 1 aliphatic carbocycles. The summed E-state index contributed by atoms with van der Waals surface area (Å²) in [7, 11) is 0. The molecule has 1 aliphatic heterocycles. The molecule has 2 aromatic rings. The van der Waals surface area contributed by atoms with Gasteiger partial charge < -0.3 is 26.2 Å². The third-order valence-corrected chi connectivity index (χ3v) is 7.51. The van der Waals surface area contributed by atoms with Gasteiger partial charge in [-0.3, -0.25) is 9.59 Å². The van der Waals surface area contributed by atoms with Crippen LogP contribution in [0, 0.1) is 0 Å². The van der Waals surface area contributed by atoms with E-state index in [1.165, 1.54) is 17.7 Å². The zero-order valence-corrected chi connectivity index (χ0v) is 23.6. The highest BCUT2D eigenvalue weighted by atomic mass is 19.4. The van der Waals surface area contributed by atoms with E-state index in [1.54, 1.807) is 0 Å². The monoisotopic (exact) mass is 573 g/mol. The Morgan fingerprint density at radius 1 is 0.927 bits per heavy atom. The van der Waals surface area contributed by atoms with Crippen LogP contribution in [0.2, 0.25) is 0 Å². The predicted octanol–water partition coefficient (Wildman–Crippen LogP) is 4.88. The lowest BCUT2D eigenvalue weighted by Crippen LogP contribution is -2.63. The number of hydrogen-bond donors (Lipinski definition) is 4. The van der Waals surface area contributed by atoms with Gasteiger partial charge in [0.15, 0.2) is 0 Å². The van der Waals surface area contributed by atoms with Crippen molar-refractivity contribution in [1.82, 2.24) is 20.9 Å². The molecule has 4 N–H and O–H groups in total. The van der Waals surface area contributed by atoms with Gasteiger partial charge in [0.2, 0.25) is 5.91 Å². The summed E-state index contributed by atoms with van der Waals surface area (Å²) in [6.45, 7) is 6.81. The maximum atomic E-state index is 13.3. The highest BCUT2D eigenvalue weighted by Crippen LogP contribution is 2.36. The van der Waals surface area contributed by atoms with Crippen molar-refractivity contribution < 1.29 is 27.6 Å². The number of alkyl halides is 3. The van der Waals surface area contributed by atoms with Gasteiger partial charge in [-0.15, -0.1) is 0 Å². The van der Waals surface area contributed by atoms with Gasteiger partial charge in [0.25, 0.3) is 5.91 Å². The minimum absolute atomic E-state index is 0.0262. The maximum absolute atomic E-state index is 13.3. The van der Waals surface area contributed by atoms with E-state index >= 15 is 0 Å². The van der Waals surface area contributed by atoms with Gasteiger partial charge in [-0.05, 0) is 88.3 Å². The second kappa shape index (κ2) is 12.5. The Kier molecular flexibility index (Phi) is 9.26. The number of rotatable bonds is 7. The molecule has 0 unspecified atom stereocenters. The predicted molar refractivity (Wildman–Crippen MR) is 151 cm³/mol. The van der Waals surface area contributed by atoms with Crippen LogP contribution in [0.4, 0.5) is 23.7 Å². The smallest absolute Gasteiger partial charge is 0.343 e. The topological polar surface area (TPSA) is 103 Å². The molecule has 8 nitrogen and oxygen atoms in total. The van der Waals surface area contributed by atoms with Crippen LogP contribution in [0.25, 0.3) is 0 Å². The summed E-state index contributed by atoms with van der Waals surface area (Å²) >= 11 is 0. The van der Waals surface area contributed by atoms with Crippen LogP contribution in [0.3, 0.4) is 0 Å². The fourth-order valence-corrected chi connectivity index (χ4v) is 5.39. The third-order valence-electron chi connectivity index (χ3n) is 7.51. The molecule has 0 atom stereocenters. The molecule has 2 fully saturated rings. The SMILES string of the molecule is CC(C)(C)NC(=O)Nc1ccc(C2CCC(N(C(=O)CNC(=O)c3cccc(C(F)(F)F)c3)C3CNC3)CC2)cc1. The average Bonchev–Trinajstić information content (AvgIpc) is 2.88. The van der Waals surface area contributed by atoms with E-state index < -0.39 is 17.6 Å². The standard InChI is InChI=1S/C30H38F3N5O3/c1-29(2,3)37-28(41)36-23-11-7-19(8-12-23)20-9-13-24(14-10-20)38(25-16-34-17-25)26(39)18-35-27(40)21-5-4-6-22(15-21)30(31,32)33/h4-8,11-12,15,20,24-25,34H,9-10,13-14,16-18H2,1-3H3,(H,35,40)(H2,36,37,41). The van der Waals surface area contributed by atoms with E-state index in [-0.39, 0.29) is 41.7 Å². The Bertz CT molecular complexity index is 1230. The van der Waals surface area contributed by atoms with Crippen molar-refractivity contribution in [3.63, 3.8) is 0 Å². The van der Waals surface area contributed by atoms with Crippen LogP contribution in [-0.4, -0.2) is 60.0 Å². The third kappa shape index (κ3) is 8.22. The molecule has 4 amide bonds. The number of nitrogens with zero attached hydrogens (tertiary/aromatic N) is 1. The van der Waals surface area contributed by atoms with Gasteiger partial charge >= 0.3 is 12.2 Å². The summed E-state index contributed by atoms with van der Waals surface area (Å²) in [4.78, 5) is 39.8. The highest BCUT2D eigenvalue weighted by Gasteiger charge is 2.36. The lowest BCUT2D eigenvalue weighted by molar-refractivity contribution is -0.138. The fraction of sp³-hybridized carbons (Fsp3) is 0.500. The first-order valence-electron chi connectivity index (χ1n) is 14.0. The van der Waals surface area contributed by atoms with Crippen molar-refractivity contribution in [2.24, 2.45) is 0 Å². The van der Waals surface area contributed by atoms with E-state index in [2.05, 4.69) is 21.3 Å². The van der Waals surface area contributed by atoms with E-state index in [4.69, 9.17) is 0 Å². The molecule has 1 saturated heterocycles. The fourth-order valence-electron chi connectivity index (χ4n) is 5.39. The van der Waals surface area contributed by atoms with Crippen molar-refractivity contribution in [3.8, 4) is 0 Å². The van der Waals surface area contributed by atoms with Gasteiger partial charge in [0.05, 0.1) is 18.2 Å². The number of amides is 4. The summed E-state index contributed by atoms with van der Waals surface area (Å²) < 4.78 is 39.1. The molecule has 222 valence electrons. The number of urea groups is 1. The average molecular weight is 574 g/mol. The van der Waals surface area contributed by atoms with Crippen LogP contribution >= 0.6 is 0 Å². The second-order valence-corrected chi connectivity index (χ2v) is 11.8. The molecule has 2 aromatic carbocycles. The van der Waals surface area contributed by atoms with Crippen molar-refractivity contribution in [1.29, 1.82) is 0 Å². The molecular formula is C30H38F3N5O3. The van der Waals surface area contributed by atoms with Gasteiger partial charge in [0, 0.05) is 35.9 Å². The second-order valence-electron chi connectivity index (χ2n) is 11.8. The first-order chi connectivity index (χ1) is 19.3. The first-order valence-corrected chi connectivity index (χ1v) is 14.0. The first kappa shape index (κ1) is 30.4. The molecular weight excluding hydrogens is 535 g/mol. The number of hydrogen-bond acceptors (Lipinski definition) is 4. The van der Waals surface area contributed by atoms with Gasteiger partial charge in [-0.2, -0.15) is 13.2 Å². The molecule has 2 aliphatic rings. The molecule has 0 bridgehead atoms. The number of anilines is 1. The lowest BCUT2D eigenvalue weighted by Gasteiger charge is -2.45. The van der Waals surface area contributed by atoms with E-state index in [0.29, 0.717) is 24.7 Å². The quantitative estimate of drug-likeness (QED) is 0.379. The van der Waals surface area contributed by atoms with Crippen molar-refractivity contribution in [2.45, 2.75) is 76.2 Å². The zero-order valence-electron chi connectivity index (χ0n) is 23.6. The highest BCUT2D eigenvalue weighted by molar-refractivity contribution is 5.96. The van der Waals surface area contributed by atoms with Crippen LogP contribution in [-0.2, 0) is 11.0 Å². The Labute approximate surface area is 238 Å². The molecule has 41 heavy (non-hydrogen) atoms. The molecule has 1 heterocycles. The molecule has 0 spiro atoms. The minimum Gasteiger partial charge on any atom is -0.343 e. The van der Waals surface area contributed by atoms with E-state index in [0.717, 1.165) is 37.8 Å². The maximum Gasteiger partial charge on any atom is 0.416 e. The van der Waals surface area contributed by atoms with E-state index in [1.807, 2.05) is 49.9 Å². The summed E-state index contributed by atoms with van der Waals surface area (Å²) in [6, 6.07) is 11.8. The van der Waals surface area contributed by atoms with Crippen LogP contribution in [0.5, 0.6) is 0 Å². The van der Waals surface area contributed by atoms with Crippen molar-refractivity contribution in [2.75, 3.05) is 25.0 Å². The summed E-state index contributed by atoms with van der Waals surface area (Å²) in [5, 5.41) is 11.4. The summed E-state index contributed by atoms with van der Waals surface area (Å²) in [5.41, 5.74) is 0.516. The number of benzene rings is 2. The van der Waals surface area contributed by atoms with Gasteiger partial charge in [-0.1, -0.05) is 18.2 Å². The largest absolute Gasteiger partial charge is 0.416 e. The van der Waals surface area contributed by atoms with Gasteiger partial charge in [-0.25, -0.2) is 4.79 Å². The van der Waals surface area contributed by atoms with Gasteiger partial charge in [0.1, 0.15) is 0 Å². The molecule has 0 aromatic heterocycles. The molecule has 0 radical (unpaired) electrons.